The van der Waals surface area contributed by atoms with Crippen LogP contribution in [0.25, 0.3) is 11.1 Å². The Morgan fingerprint density at radius 2 is 2.13 bits per heavy atom. The van der Waals surface area contributed by atoms with E-state index in [9.17, 15) is 17.6 Å². The van der Waals surface area contributed by atoms with Crippen LogP contribution in [0.4, 0.5) is 10.4 Å². The van der Waals surface area contributed by atoms with E-state index in [2.05, 4.69) is 15.8 Å². The molecule has 1 heterocycles. The quantitative estimate of drug-likeness (QED) is 0.782. The lowest BCUT2D eigenvalue weighted by Crippen LogP contribution is -2.31. The van der Waals surface area contributed by atoms with Gasteiger partial charge >= 0.3 is 6.01 Å². The Hall–Kier alpha value is -2.20. The van der Waals surface area contributed by atoms with Gasteiger partial charge in [0.05, 0.1) is 10.8 Å². The maximum absolute atomic E-state index is 12.8. The first-order valence-electron chi connectivity index (χ1n) is 6.82. The van der Waals surface area contributed by atoms with Gasteiger partial charge in [0.15, 0.2) is 5.58 Å². The maximum atomic E-state index is 12.8. The van der Waals surface area contributed by atoms with E-state index < -0.39 is 28.0 Å². The smallest absolute Gasteiger partial charge is 0.315 e. The number of anilines is 1. The van der Waals surface area contributed by atoms with Crippen molar-refractivity contribution in [3.05, 3.63) is 18.2 Å². The molecule has 10 heteroatoms. The lowest BCUT2D eigenvalue weighted by molar-refractivity contribution is -0.122. The first-order chi connectivity index (χ1) is 10.8. The van der Waals surface area contributed by atoms with Crippen LogP contribution >= 0.6 is 0 Å². The summed E-state index contributed by atoms with van der Waals surface area (Å²) >= 11 is 0. The van der Waals surface area contributed by atoms with E-state index in [-0.39, 0.29) is 17.3 Å². The minimum Gasteiger partial charge on any atom is -0.422 e. The molecular formula is C13H15FN4O4S. The topological polar surface area (TPSA) is 105 Å². The Morgan fingerprint density at radius 3 is 2.74 bits per heavy atom. The van der Waals surface area contributed by atoms with Gasteiger partial charge in [-0.25, -0.2) is 17.1 Å². The van der Waals surface area contributed by atoms with Crippen molar-refractivity contribution in [3.63, 3.8) is 0 Å². The Balaban J connectivity index is 1.78. The van der Waals surface area contributed by atoms with Crippen molar-refractivity contribution in [2.75, 3.05) is 19.5 Å². The summed E-state index contributed by atoms with van der Waals surface area (Å²) in [6, 6.07) is 4.25. The standard InChI is InChI=1S/C13H15FN4O4S/c1-18(2)23(20,21)7-3-4-11-10(5-7)15-13(22-11)17-16-12(19)8-6-9(8)14/h3-5,8-9H,6H2,1-2H3,(H,15,17)(H,16,19)/t8-,9+/m0/s1. The highest BCUT2D eigenvalue weighted by atomic mass is 32.2. The molecular weight excluding hydrogens is 327 g/mol. The third-order valence-corrected chi connectivity index (χ3v) is 5.29. The van der Waals surface area contributed by atoms with Gasteiger partial charge in [-0.15, -0.1) is 0 Å². The minimum atomic E-state index is -3.57. The first kappa shape index (κ1) is 15.7. The molecule has 1 aliphatic carbocycles. The number of rotatable bonds is 5. The van der Waals surface area contributed by atoms with E-state index in [0.29, 0.717) is 11.1 Å². The third kappa shape index (κ3) is 2.99. The number of sulfonamides is 1. The number of hydrogen-bond donors (Lipinski definition) is 2. The van der Waals surface area contributed by atoms with Crippen molar-refractivity contribution in [2.45, 2.75) is 17.5 Å². The second-order valence-corrected chi connectivity index (χ2v) is 7.56. The van der Waals surface area contributed by atoms with E-state index in [4.69, 9.17) is 4.42 Å². The Labute approximate surface area is 131 Å². The van der Waals surface area contributed by atoms with Gasteiger partial charge in [0, 0.05) is 14.1 Å². The SMILES string of the molecule is CN(C)S(=O)(=O)c1ccc2oc(NNC(=O)[C@H]3C[C@H]3F)nc2c1. The Kier molecular flexibility index (Phi) is 3.72. The third-order valence-electron chi connectivity index (χ3n) is 3.48. The molecule has 8 nitrogen and oxygen atoms in total. The number of carbonyl (C=O) groups is 1. The molecule has 0 saturated heterocycles. The number of halogens is 1. The number of aromatic nitrogens is 1. The molecule has 0 unspecified atom stereocenters. The summed E-state index contributed by atoms with van der Waals surface area (Å²) in [4.78, 5) is 15.6. The van der Waals surface area contributed by atoms with Crippen LogP contribution in [0.5, 0.6) is 0 Å². The van der Waals surface area contributed by atoms with Crippen LogP contribution in [0.1, 0.15) is 6.42 Å². The van der Waals surface area contributed by atoms with Crippen molar-refractivity contribution in [3.8, 4) is 0 Å². The summed E-state index contributed by atoms with van der Waals surface area (Å²) in [6.07, 6.45) is -0.883. The number of hydrogen-bond acceptors (Lipinski definition) is 6. The average Bonchev–Trinajstić information content (AvgIpc) is 3.09. The number of benzene rings is 1. The lowest BCUT2D eigenvalue weighted by atomic mass is 10.3. The van der Waals surface area contributed by atoms with E-state index in [1.54, 1.807) is 0 Å². The zero-order valence-corrected chi connectivity index (χ0v) is 13.2. The zero-order valence-electron chi connectivity index (χ0n) is 12.4. The van der Waals surface area contributed by atoms with E-state index in [1.807, 2.05) is 0 Å². The second kappa shape index (κ2) is 5.46. The van der Waals surface area contributed by atoms with Gasteiger partial charge in [-0.05, 0) is 24.6 Å². The summed E-state index contributed by atoms with van der Waals surface area (Å²) in [5, 5.41) is 0. The van der Waals surface area contributed by atoms with Crippen molar-refractivity contribution in [2.24, 2.45) is 5.92 Å². The number of fused-ring (bicyclic) bond motifs is 1. The van der Waals surface area contributed by atoms with Crippen LogP contribution in [0.2, 0.25) is 0 Å². The summed E-state index contributed by atoms with van der Waals surface area (Å²) in [6.45, 7) is 0. The zero-order chi connectivity index (χ0) is 16.8. The summed E-state index contributed by atoms with van der Waals surface area (Å²) in [5.41, 5.74) is 5.43. The molecule has 1 aromatic heterocycles. The number of oxazole rings is 1. The molecule has 3 rings (SSSR count). The molecule has 1 aliphatic rings. The largest absolute Gasteiger partial charge is 0.422 e. The summed E-state index contributed by atoms with van der Waals surface area (Å²) < 4.78 is 43.3. The molecule has 124 valence electrons. The molecule has 1 saturated carbocycles. The first-order valence-corrected chi connectivity index (χ1v) is 8.26. The van der Waals surface area contributed by atoms with E-state index >= 15 is 0 Å². The molecule has 1 fully saturated rings. The van der Waals surface area contributed by atoms with Crippen LogP contribution in [-0.2, 0) is 14.8 Å². The molecule has 0 aliphatic heterocycles. The van der Waals surface area contributed by atoms with Crippen LogP contribution in [-0.4, -0.2) is 43.9 Å². The van der Waals surface area contributed by atoms with Crippen molar-refractivity contribution >= 4 is 33.0 Å². The predicted octanol–water partition coefficient (Wildman–Crippen LogP) is 0.879. The number of alkyl halides is 1. The minimum absolute atomic E-state index is 0.0104. The predicted molar refractivity (Wildman–Crippen MR) is 79.7 cm³/mol. The van der Waals surface area contributed by atoms with Crippen LogP contribution in [0, 0.1) is 5.92 Å². The molecule has 2 N–H and O–H groups in total. The second-order valence-electron chi connectivity index (χ2n) is 5.41. The number of carbonyl (C=O) groups excluding carboxylic acids is 1. The molecule has 0 radical (unpaired) electrons. The fourth-order valence-corrected chi connectivity index (χ4v) is 2.90. The molecule has 1 aromatic carbocycles. The maximum Gasteiger partial charge on any atom is 0.315 e. The Morgan fingerprint density at radius 1 is 1.43 bits per heavy atom. The van der Waals surface area contributed by atoms with Gasteiger partial charge < -0.3 is 4.42 Å². The van der Waals surface area contributed by atoms with E-state index in [1.165, 1.54) is 32.3 Å². The summed E-state index contributed by atoms with van der Waals surface area (Å²) in [7, 11) is -0.711. The fourth-order valence-electron chi connectivity index (χ4n) is 1.98. The average molecular weight is 342 g/mol. The van der Waals surface area contributed by atoms with Crippen LogP contribution in [0.3, 0.4) is 0 Å². The molecule has 1 amide bonds. The highest BCUT2D eigenvalue weighted by Gasteiger charge is 2.43. The summed E-state index contributed by atoms with van der Waals surface area (Å²) in [5.74, 6) is -1.11. The van der Waals surface area contributed by atoms with Crippen LogP contribution in [0.15, 0.2) is 27.5 Å². The van der Waals surface area contributed by atoms with Gasteiger partial charge in [0.25, 0.3) is 0 Å². The number of amides is 1. The molecule has 23 heavy (non-hydrogen) atoms. The van der Waals surface area contributed by atoms with Gasteiger partial charge in [0.2, 0.25) is 15.9 Å². The van der Waals surface area contributed by atoms with Crippen LogP contribution < -0.4 is 10.9 Å². The Bertz CT molecular complexity index is 864. The van der Waals surface area contributed by atoms with Crippen molar-refractivity contribution < 1.29 is 22.0 Å². The normalized spacial score (nSPS) is 20.7. The number of nitrogens with zero attached hydrogens (tertiary/aromatic N) is 2. The number of nitrogens with one attached hydrogen (secondary N) is 2. The van der Waals surface area contributed by atoms with Crippen molar-refractivity contribution in [1.82, 2.24) is 14.7 Å². The fraction of sp³-hybridized carbons (Fsp3) is 0.385. The van der Waals surface area contributed by atoms with Gasteiger partial charge in [-0.3, -0.25) is 15.6 Å². The van der Waals surface area contributed by atoms with Gasteiger partial charge in [-0.1, -0.05) is 0 Å². The van der Waals surface area contributed by atoms with Gasteiger partial charge in [-0.2, -0.15) is 4.98 Å². The van der Waals surface area contributed by atoms with E-state index in [0.717, 1.165) is 4.31 Å². The lowest BCUT2D eigenvalue weighted by Gasteiger charge is -2.10. The molecule has 2 atom stereocenters. The molecule has 0 bridgehead atoms. The van der Waals surface area contributed by atoms with Gasteiger partial charge in [0.1, 0.15) is 11.7 Å². The number of hydrazine groups is 1. The molecule has 0 spiro atoms. The van der Waals surface area contributed by atoms with Crippen molar-refractivity contribution in [1.29, 1.82) is 0 Å². The monoisotopic (exact) mass is 342 g/mol. The highest BCUT2D eigenvalue weighted by molar-refractivity contribution is 7.89. The molecule has 2 aromatic rings. The highest BCUT2D eigenvalue weighted by Crippen LogP contribution is 2.33.